The first kappa shape index (κ1) is 11.0. The summed E-state index contributed by atoms with van der Waals surface area (Å²) in [5.74, 6) is -0.0833. The standard InChI is InChI=1S/CH5N3.FHO3S/c2-1(3)4;1-5(2,3)4/h(H5,2,3,4);(H,2,3,4). The van der Waals surface area contributed by atoms with Crippen molar-refractivity contribution in [2.24, 2.45) is 11.5 Å². The molecule has 56 valence electrons. The lowest BCUT2D eigenvalue weighted by Gasteiger charge is -1.84. The predicted molar refractivity (Wildman–Crippen MR) is 26.1 cm³/mol. The van der Waals surface area contributed by atoms with Crippen LogP contribution in [0.4, 0.5) is 3.89 Å². The van der Waals surface area contributed by atoms with Crippen molar-refractivity contribution >= 4 is 16.5 Å². The molecule has 8 heteroatoms. The van der Waals surface area contributed by atoms with E-state index in [2.05, 4.69) is 16.9 Å². The Balaban J connectivity index is 0. The van der Waals surface area contributed by atoms with Gasteiger partial charge in [-0.05, 0) is 0 Å². The largest absolute Gasteiger partial charge is 0.722 e. The van der Waals surface area contributed by atoms with Crippen molar-refractivity contribution in [1.29, 1.82) is 0 Å². The summed E-state index contributed by atoms with van der Waals surface area (Å²) >= 11 is 0. The highest BCUT2D eigenvalue weighted by Crippen LogP contribution is 1.73. The van der Waals surface area contributed by atoms with Gasteiger partial charge in [0.25, 0.3) is 10.5 Å². The molecular formula is CH6FN3O3S. The van der Waals surface area contributed by atoms with Crippen LogP contribution in [0.2, 0.25) is 0 Å². The Bertz CT molecular complexity index is 161. The van der Waals surface area contributed by atoms with Crippen LogP contribution in [0.5, 0.6) is 0 Å². The number of halogens is 1. The highest BCUT2D eigenvalue weighted by molar-refractivity contribution is 7.80. The molecule has 0 spiro atoms. The van der Waals surface area contributed by atoms with Crippen LogP contribution in [-0.2, 0) is 10.5 Å². The van der Waals surface area contributed by atoms with Crippen LogP contribution in [-0.4, -0.2) is 18.9 Å². The van der Waals surface area contributed by atoms with E-state index in [1.54, 1.807) is 0 Å². The summed E-state index contributed by atoms with van der Waals surface area (Å²) in [7, 11) is -5.42. The van der Waals surface area contributed by atoms with E-state index in [0.29, 0.717) is 0 Å². The Morgan fingerprint density at radius 3 is 1.56 bits per heavy atom. The summed E-state index contributed by atoms with van der Waals surface area (Å²) < 4.78 is 35.3. The van der Waals surface area contributed by atoms with Gasteiger partial charge in [-0.1, -0.05) is 0 Å². The van der Waals surface area contributed by atoms with Crippen molar-refractivity contribution in [3.05, 3.63) is 0 Å². The maximum absolute atomic E-state index is 10.1. The average Bonchev–Trinajstić information content (AvgIpc) is 1.19. The molecule has 6 nitrogen and oxygen atoms in total. The van der Waals surface area contributed by atoms with Crippen molar-refractivity contribution in [2.75, 3.05) is 0 Å². The van der Waals surface area contributed by atoms with Gasteiger partial charge in [-0.15, -0.1) is 3.89 Å². The topological polar surface area (TPSA) is 135 Å². The van der Waals surface area contributed by atoms with E-state index >= 15 is 0 Å². The van der Waals surface area contributed by atoms with Gasteiger partial charge in [0.2, 0.25) is 0 Å². The Labute approximate surface area is 51.2 Å². The minimum absolute atomic E-state index is 0.0833. The number of rotatable bonds is 0. The number of guanidine groups is 1. The van der Waals surface area contributed by atoms with Crippen molar-refractivity contribution in [2.45, 2.75) is 0 Å². The molecule has 6 N–H and O–H groups in total. The van der Waals surface area contributed by atoms with Crippen LogP contribution in [0, 0.1) is 0 Å². The van der Waals surface area contributed by atoms with Crippen LogP contribution in [0.3, 0.4) is 0 Å². The molecule has 0 unspecified atom stereocenters. The minimum atomic E-state index is -5.42. The van der Waals surface area contributed by atoms with Gasteiger partial charge in [0.15, 0.2) is 0 Å². The molecule has 0 aromatic rings. The van der Waals surface area contributed by atoms with Crippen LogP contribution in [0.1, 0.15) is 0 Å². The van der Waals surface area contributed by atoms with Gasteiger partial charge in [-0.25, -0.2) is 8.42 Å². The zero-order valence-corrected chi connectivity index (χ0v) is 5.06. The molecule has 0 heterocycles. The van der Waals surface area contributed by atoms with Gasteiger partial charge in [0.05, 0.1) is 0 Å². The van der Waals surface area contributed by atoms with Gasteiger partial charge >= 0.3 is 5.96 Å². The van der Waals surface area contributed by atoms with Crippen molar-refractivity contribution in [1.82, 2.24) is 0 Å². The molecule has 0 radical (unpaired) electrons. The van der Waals surface area contributed by atoms with Crippen molar-refractivity contribution in [3.63, 3.8) is 0 Å². The first-order valence-electron chi connectivity index (χ1n) is 1.52. The molecule has 0 aliphatic carbocycles. The van der Waals surface area contributed by atoms with Crippen LogP contribution in [0.15, 0.2) is 0 Å². The Morgan fingerprint density at radius 2 is 1.56 bits per heavy atom. The van der Waals surface area contributed by atoms with Crippen molar-refractivity contribution in [3.8, 4) is 0 Å². The molecule has 0 bridgehead atoms. The number of hydrogen-bond donors (Lipinski definition) is 3. The highest BCUT2D eigenvalue weighted by Gasteiger charge is 1.73. The van der Waals surface area contributed by atoms with Gasteiger partial charge in [-0.2, -0.15) is 0 Å². The summed E-state index contributed by atoms with van der Waals surface area (Å²) in [5.41, 5.74) is 9.17. The van der Waals surface area contributed by atoms with E-state index in [1.807, 2.05) is 0 Å². The molecule has 0 amide bonds. The normalized spacial score (nSPS) is 9.11. The molecule has 0 saturated heterocycles. The predicted octanol–water partition coefficient (Wildman–Crippen LogP) is -3.56. The number of hydrogen-bond acceptors (Lipinski definition) is 3. The molecule has 0 aliphatic rings. The zero-order chi connectivity index (χ0) is 8.08. The van der Waals surface area contributed by atoms with Gasteiger partial charge in [0.1, 0.15) is 0 Å². The zero-order valence-electron chi connectivity index (χ0n) is 4.24. The summed E-state index contributed by atoms with van der Waals surface area (Å²) in [6.45, 7) is 0. The van der Waals surface area contributed by atoms with Crippen LogP contribution < -0.4 is 16.9 Å². The molecular weight excluding hydrogens is 153 g/mol. The fourth-order valence-corrected chi connectivity index (χ4v) is 0. The summed E-state index contributed by atoms with van der Waals surface area (Å²) in [6, 6.07) is 0. The Morgan fingerprint density at radius 1 is 1.56 bits per heavy atom. The summed E-state index contributed by atoms with van der Waals surface area (Å²) in [4.78, 5) is 0. The second-order valence-electron chi connectivity index (χ2n) is 0.893. The first-order valence-corrected chi connectivity index (χ1v) is 2.83. The smallest absolute Gasteiger partial charge is 0.336 e. The molecule has 0 fully saturated rings. The van der Waals surface area contributed by atoms with Crippen LogP contribution in [0.25, 0.3) is 0 Å². The lowest BCUT2D eigenvalue weighted by atomic mass is 11.1. The SMILES string of the molecule is NC(N)=[NH2+].O=S(=O)([O-])F. The van der Waals surface area contributed by atoms with E-state index in [9.17, 15) is 3.89 Å². The Kier molecular flexibility index (Phi) is 4.92. The summed E-state index contributed by atoms with van der Waals surface area (Å²) in [5, 5.41) is 4.58. The molecule has 9 heavy (non-hydrogen) atoms. The van der Waals surface area contributed by atoms with E-state index in [1.165, 1.54) is 0 Å². The van der Waals surface area contributed by atoms with E-state index in [4.69, 9.17) is 13.0 Å². The van der Waals surface area contributed by atoms with E-state index in [-0.39, 0.29) is 5.96 Å². The van der Waals surface area contributed by atoms with E-state index in [0.717, 1.165) is 0 Å². The van der Waals surface area contributed by atoms with E-state index < -0.39 is 10.5 Å². The molecule has 0 aromatic carbocycles. The minimum Gasteiger partial charge on any atom is -0.722 e. The van der Waals surface area contributed by atoms with Gasteiger partial charge in [0, 0.05) is 0 Å². The third kappa shape index (κ3) is 234. The lowest BCUT2D eigenvalue weighted by molar-refractivity contribution is -0.116. The first-order chi connectivity index (χ1) is 3.73. The molecule has 0 aromatic heterocycles. The third-order valence-corrected chi connectivity index (χ3v) is 0. The average molecular weight is 159 g/mol. The quantitative estimate of drug-likeness (QED) is 0.145. The monoisotopic (exact) mass is 159 g/mol. The molecule has 0 saturated carbocycles. The highest BCUT2D eigenvalue weighted by atomic mass is 32.3. The molecule has 0 atom stereocenters. The maximum atomic E-state index is 10.1. The second-order valence-corrected chi connectivity index (χ2v) is 1.68. The van der Waals surface area contributed by atoms with Crippen LogP contribution >= 0.6 is 0 Å². The van der Waals surface area contributed by atoms with Gasteiger partial charge < -0.3 is 4.55 Å². The lowest BCUT2D eigenvalue weighted by Crippen LogP contribution is -2.51. The maximum Gasteiger partial charge on any atom is 0.336 e. The summed E-state index contributed by atoms with van der Waals surface area (Å²) in [6.07, 6.45) is 0. The second kappa shape index (κ2) is 4.04. The number of nitrogens with two attached hydrogens (primary N) is 3. The Hall–Kier alpha value is -0.890. The molecule has 0 aliphatic heterocycles. The van der Waals surface area contributed by atoms with Crippen molar-refractivity contribution < 1.29 is 22.3 Å². The fraction of sp³-hybridized carbons (Fsp3) is 0. The third-order valence-electron chi connectivity index (χ3n) is 0. The molecule has 0 rings (SSSR count). The fourth-order valence-electron chi connectivity index (χ4n) is 0. The van der Waals surface area contributed by atoms with Gasteiger partial charge in [-0.3, -0.25) is 16.9 Å².